The highest BCUT2D eigenvalue weighted by molar-refractivity contribution is 7.93. The van der Waals surface area contributed by atoms with Crippen LogP contribution in [0.4, 0.5) is 10.8 Å². The van der Waals surface area contributed by atoms with Gasteiger partial charge in [-0.05, 0) is 43.5 Å². The van der Waals surface area contributed by atoms with Crippen LogP contribution < -0.4 is 10.0 Å². The van der Waals surface area contributed by atoms with E-state index in [1.807, 2.05) is 12.1 Å². The number of nitrogens with zero attached hydrogens (tertiary/aromatic N) is 1. The Labute approximate surface area is 129 Å². The summed E-state index contributed by atoms with van der Waals surface area (Å²) in [6.45, 7) is 6.56. The van der Waals surface area contributed by atoms with Gasteiger partial charge in [0, 0.05) is 23.8 Å². The lowest BCUT2D eigenvalue weighted by Gasteiger charge is -2.14. The molecule has 7 heteroatoms. The third kappa shape index (κ3) is 3.74. The molecule has 0 bridgehead atoms. The molecule has 1 aromatic heterocycles. The normalized spacial score (nSPS) is 11.4. The predicted molar refractivity (Wildman–Crippen MR) is 87.6 cm³/mol. The molecule has 0 unspecified atom stereocenters. The van der Waals surface area contributed by atoms with Gasteiger partial charge in [0.1, 0.15) is 0 Å². The molecule has 0 saturated carbocycles. The summed E-state index contributed by atoms with van der Waals surface area (Å²) >= 11 is 1.26. The van der Waals surface area contributed by atoms with Crippen LogP contribution in [0.5, 0.6) is 0 Å². The lowest BCUT2D eigenvalue weighted by molar-refractivity contribution is 0.600. The molecule has 1 heterocycles. The fourth-order valence-corrected chi connectivity index (χ4v) is 4.43. The molecular weight excluding hydrogens is 306 g/mol. The summed E-state index contributed by atoms with van der Waals surface area (Å²) in [6.07, 6.45) is 2.59. The maximum atomic E-state index is 12.5. The molecule has 2 aromatic rings. The average Bonchev–Trinajstić information content (AvgIpc) is 2.87. The minimum Gasteiger partial charge on any atom is -0.385 e. The van der Waals surface area contributed by atoms with Gasteiger partial charge in [0.2, 0.25) is 0 Å². The van der Waals surface area contributed by atoms with Crippen LogP contribution in [0.25, 0.3) is 0 Å². The molecule has 0 aliphatic heterocycles. The number of benzene rings is 1. The Balaban J connectivity index is 2.35. The molecule has 0 aliphatic rings. The van der Waals surface area contributed by atoms with E-state index in [0.29, 0.717) is 10.0 Å². The predicted octanol–water partition coefficient (Wildman–Crippen LogP) is 3.38. The summed E-state index contributed by atoms with van der Waals surface area (Å²) in [5.74, 6) is 0. The summed E-state index contributed by atoms with van der Waals surface area (Å²) in [6, 6.07) is 3.72. The van der Waals surface area contributed by atoms with Gasteiger partial charge in [-0.25, -0.2) is 13.4 Å². The number of thiazole rings is 1. The van der Waals surface area contributed by atoms with E-state index >= 15 is 0 Å². The van der Waals surface area contributed by atoms with Crippen LogP contribution in [0.1, 0.15) is 24.5 Å². The average molecular weight is 325 g/mol. The van der Waals surface area contributed by atoms with Gasteiger partial charge in [-0.15, -0.1) is 11.3 Å². The van der Waals surface area contributed by atoms with E-state index in [0.717, 1.165) is 29.8 Å². The third-order valence-corrected chi connectivity index (χ3v) is 5.42. The zero-order valence-corrected chi connectivity index (χ0v) is 13.9. The molecule has 0 saturated heterocycles. The van der Waals surface area contributed by atoms with Gasteiger partial charge in [0.15, 0.2) is 5.13 Å². The fourth-order valence-electron chi connectivity index (χ4n) is 2.19. The number of nitrogens with one attached hydrogen (secondary N) is 2. The second kappa shape index (κ2) is 6.44. The second-order valence-corrected chi connectivity index (χ2v) is 7.32. The Kier molecular flexibility index (Phi) is 4.84. The molecule has 0 fully saturated rings. The van der Waals surface area contributed by atoms with Crippen molar-refractivity contribution < 1.29 is 8.42 Å². The number of aromatic nitrogens is 1. The molecule has 0 atom stereocenters. The van der Waals surface area contributed by atoms with Crippen LogP contribution in [0.3, 0.4) is 0 Å². The largest absolute Gasteiger partial charge is 0.385 e. The summed E-state index contributed by atoms with van der Waals surface area (Å²) < 4.78 is 27.5. The van der Waals surface area contributed by atoms with E-state index in [1.54, 1.807) is 25.4 Å². The zero-order valence-electron chi connectivity index (χ0n) is 12.3. The van der Waals surface area contributed by atoms with Crippen LogP contribution in [-0.2, 0) is 10.0 Å². The number of hydrogen-bond donors (Lipinski definition) is 2. The van der Waals surface area contributed by atoms with E-state index in [9.17, 15) is 8.42 Å². The smallest absolute Gasteiger partial charge is 0.264 e. The summed E-state index contributed by atoms with van der Waals surface area (Å²) in [7, 11) is -3.61. The van der Waals surface area contributed by atoms with Gasteiger partial charge in [-0.3, -0.25) is 4.72 Å². The highest BCUT2D eigenvalue weighted by Gasteiger charge is 2.21. The quantitative estimate of drug-likeness (QED) is 0.854. The maximum Gasteiger partial charge on any atom is 0.264 e. The van der Waals surface area contributed by atoms with Crippen molar-refractivity contribution in [2.75, 3.05) is 16.6 Å². The third-order valence-electron chi connectivity index (χ3n) is 2.96. The Hall–Kier alpha value is -1.60. The minimum atomic E-state index is -3.61. The van der Waals surface area contributed by atoms with Gasteiger partial charge < -0.3 is 5.32 Å². The van der Waals surface area contributed by atoms with Crippen molar-refractivity contribution in [2.45, 2.75) is 32.1 Å². The Morgan fingerprint density at radius 2 is 1.90 bits per heavy atom. The van der Waals surface area contributed by atoms with Crippen molar-refractivity contribution in [2.24, 2.45) is 0 Å². The lowest BCUT2D eigenvalue weighted by Crippen LogP contribution is -2.16. The topological polar surface area (TPSA) is 71.1 Å². The number of rotatable bonds is 6. The van der Waals surface area contributed by atoms with E-state index in [4.69, 9.17) is 0 Å². The summed E-state index contributed by atoms with van der Waals surface area (Å²) in [4.78, 5) is 4.28. The van der Waals surface area contributed by atoms with Crippen molar-refractivity contribution in [3.63, 3.8) is 0 Å². The maximum absolute atomic E-state index is 12.5. The fraction of sp³-hybridized carbons (Fsp3) is 0.357. The van der Waals surface area contributed by atoms with Crippen molar-refractivity contribution in [3.8, 4) is 0 Å². The van der Waals surface area contributed by atoms with E-state index in [1.165, 1.54) is 11.3 Å². The van der Waals surface area contributed by atoms with Gasteiger partial charge in [-0.2, -0.15) is 0 Å². The SMILES string of the molecule is CCCNc1cc(C)c(S(=O)(=O)Nc2nccs2)c(C)c1. The number of anilines is 2. The molecule has 21 heavy (non-hydrogen) atoms. The highest BCUT2D eigenvalue weighted by Crippen LogP contribution is 2.27. The summed E-state index contributed by atoms with van der Waals surface area (Å²) in [5.41, 5.74) is 2.38. The standard InChI is InChI=1S/C14H19N3O2S2/c1-4-5-15-12-8-10(2)13(11(3)9-12)21(18,19)17-14-16-6-7-20-14/h6-9,15H,4-5H2,1-3H3,(H,16,17). The number of aryl methyl sites for hydroxylation is 2. The first kappa shape index (κ1) is 15.8. The molecule has 0 aliphatic carbocycles. The van der Waals surface area contributed by atoms with Crippen molar-refractivity contribution in [3.05, 3.63) is 34.8 Å². The molecule has 114 valence electrons. The van der Waals surface area contributed by atoms with Crippen LogP contribution in [0.2, 0.25) is 0 Å². The molecule has 0 spiro atoms. The molecule has 0 amide bonds. The molecule has 2 rings (SSSR count). The number of hydrogen-bond acceptors (Lipinski definition) is 5. The van der Waals surface area contributed by atoms with Crippen LogP contribution in [0, 0.1) is 13.8 Å². The van der Waals surface area contributed by atoms with Gasteiger partial charge in [-0.1, -0.05) is 6.92 Å². The molecule has 2 N–H and O–H groups in total. The van der Waals surface area contributed by atoms with Crippen molar-refractivity contribution in [1.29, 1.82) is 0 Å². The van der Waals surface area contributed by atoms with Crippen molar-refractivity contribution >= 4 is 32.2 Å². The van der Waals surface area contributed by atoms with Crippen molar-refractivity contribution in [1.82, 2.24) is 4.98 Å². The zero-order chi connectivity index (χ0) is 15.5. The Morgan fingerprint density at radius 3 is 2.43 bits per heavy atom. The van der Waals surface area contributed by atoms with Gasteiger partial charge in [0.05, 0.1) is 4.90 Å². The number of sulfonamides is 1. The van der Waals surface area contributed by atoms with Gasteiger partial charge in [0.25, 0.3) is 10.0 Å². The lowest BCUT2D eigenvalue weighted by atomic mass is 10.1. The first-order chi connectivity index (χ1) is 9.94. The first-order valence-electron chi connectivity index (χ1n) is 6.71. The van der Waals surface area contributed by atoms with Gasteiger partial charge >= 0.3 is 0 Å². The second-order valence-electron chi connectivity index (χ2n) is 4.81. The minimum absolute atomic E-state index is 0.319. The van der Waals surface area contributed by atoms with Crippen LogP contribution >= 0.6 is 11.3 Å². The van der Waals surface area contributed by atoms with E-state index < -0.39 is 10.0 Å². The first-order valence-corrected chi connectivity index (χ1v) is 9.07. The van der Waals surface area contributed by atoms with Crippen LogP contribution in [-0.4, -0.2) is 19.9 Å². The Bertz CT molecular complexity index is 687. The molecule has 5 nitrogen and oxygen atoms in total. The molecule has 1 aromatic carbocycles. The molecule has 0 radical (unpaired) electrons. The highest BCUT2D eigenvalue weighted by atomic mass is 32.2. The molecular formula is C14H19N3O2S2. The van der Waals surface area contributed by atoms with E-state index in [-0.39, 0.29) is 0 Å². The summed E-state index contributed by atoms with van der Waals surface area (Å²) in [5, 5.41) is 5.38. The monoisotopic (exact) mass is 325 g/mol. The van der Waals surface area contributed by atoms with E-state index in [2.05, 4.69) is 21.9 Å². The van der Waals surface area contributed by atoms with Crippen LogP contribution in [0.15, 0.2) is 28.6 Å². The Morgan fingerprint density at radius 1 is 1.24 bits per heavy atom.